The van der Waals surface area contributed by atoms with Crippen LogP contribution in [-0.4, -0.2) is 4.57 Å². The first-order valence-electron chi connectivity index (χ1n) is 4.91. The van der Waals surface area contributed by atoms with Crippen molar-refractivity contribution in [3.05, 3.63) is 64.1 Å². The summed E-state index contributed by atoms with van der Waals surface area (Å²) in [5, 5.41) is 8.78. The maximum absolute atomic E-state index is 11.9. The Labute approximate surface area is 93.2 Å². The fourth-order valence-electron chi connectivity index (χ4n) is 1.56. The number of pyridine rings is 1. The molecule has 0 atom stereocenters. The van der Waals surface area contributed by atoms with Gasteiger partial charge in [0.05, 0.1) is 0 Å². The highest BCUT2D eigenvalue weighted by molar-refractivity contribution is 5.38. The standard InChI is InChI=1S/C13H10N2O/c1-10-4-2-6-12(8-10)15-7-3-5-11(9-14)13(15)16/h2-8H,1H3. The number of benzene rings is 1. The van der Waals surface area contributed by atoms with Crippen LogP contribution in [0.15, 0.2) is 47.4 Å². The zero-order valence-electron chi connectivity index (χ0n) is 8.84. The molecule has 78 valence electrons. The summed E-state index contributed by atoms with van der Waals surface area (Å²) in [6.07, 6.45) is 1.66. The number of hydrogen-bond acceptors (Lipinski definition) is 2. The van der Waals surface area contributed by atoms with Crippen LogP contribution in [0.1, 0.15) is 11.1 Å². The predicted octanol–water partition coefficient (Wildman–Crippen LogP) is 2.02. The van der Waals surface area contributed by atoms with Crippen LogP contribution >= 0.6 is 0 Å². The van der Waals surface area contributed by atoms with Gasteiger partial charge < -0.3 is 0 Å². The Bertz CT molecular complexity index is 620. The molecule has 0 spiro atoms. The molecule has 0 bridgehead atoms. The molecule has 3 heteroatoms. The van der Waals surface area contributed by atoms with Crippen LogP contribution in [0, 0.1) is 18.3 Å². The molecule has 0 radical (unpaired) electrons. The highest BCUT2D eigenvalue weighted by Gasteiger charge is 2.03. The second-order valence-corrected chi connectivity index (χ2v) is 3.55. The van der Waals surface area contributed by atoms with E-state index in [1.807, 2.05) is 37.3 Å². The maximum atomic E-state index is 11.9. The van der Waals surface area contributed by atoms with Crippen LogP contribution in [0.2, 0.25) is 0 Å². The van der Waals surface area contributed by atoms with Gasteiger partial charge in [0.15, 0.2) is 0 Å². The molecule has 0 aliphatic carbocycles. The van der Waals surface area contributed by atoms with Crippen LogP contribution in [0.3, 0.4) is 0 Å². The Morgan fingerprint density at radius 1 is 1.25 bits per heavy atom. The average Bonchev–Trinajstić information content (AvgIpc) is 2.29. The van der Waals surface area contributed by atoms with Crippen molar-refractivity contribution >= 4 is 0 Å². The van der Waals surface area contributed by atoms with Gasteiger partial charge in [-0.05, 0) is 36.8 Å². The molecule has 1 aromatic heterocycles. The van der Waals surface area contributed by atoms with Gasteiger partial charge >= 0.3 is 0 Å². The van der Waals surface area contributed by atoms with Crippen LogP contribution in [0.4, 0.5) is 0 Å². The number of aryl methyl sites for hydroxylation is 1. The van der Waals surface area contributed by atoms with E-state index < -0.39 is 0 Å². The van der Waals surface area contributed by atoms with Gasteiger partial charge in [0.2, 0.25) is 0 Å². The number of aromatic nitrogens is 1. The molecule has 0 saturated heterocycles. The predicted molar refractivity (Wildman–Crippen MR) is 61.5 cm³/mol. The van der Waals surface area contributed by atoms with Crippen LogP contribution in [-0.2, 0) is 0 Å². The molecule has 1 aromatic carbocycles. The zero-order valence-corrected chi connectivity index (χ0v) is 8.84. The molecule has 16 heavy (non-hydrogen) atoms. The first kappa shape index (κ1) is 10.2. The first-order valence-corrected chi connectivity index (χ1v) is 4.91. The Morgan fingerprint density at radius 2 is 2.06 bits per heavy atom. The lowest BCUT2D eigenvalue weighted by molar-refractivity contribution is 0.980. The molecule has 0 aliphatic rings. The number of nitriles is 1. The van der Waals surface area contributed by atoms with Gasteiger partial charge in [0.1, 0.15) is 11.6 Å². The van der Waals surface area contributed by atoms with Crippen molar-refractivity contribution < 1.29 is 0 Å². The van der Waals surface area contributed by atoms with E-state index in [0.29, 0.717) is 0 Å². The van der Waals surface area contributed by atoms with Crippen LogP contribution < -0.4 is 5.56 Å². The van der Waals surface area contributed by atoms with E-state index in [0.717, 1.165) is 11.3 Å². The van der Waals surface area contributed by atoms with E-state index in [9.17, 15) is 4.79 Å². The van der Waals surface area contributed by atoms with Gasteiger partial charge in [0.25, 0.3) is 5.56 Å². The molecule has 0 aliphatic heterocycles. The Kier molecular flexibility index (Phi) is 2.57. The van der Waals surface area contributed by atoms with E-state index in [-0.39, 0.29) is 11.1 Å². The minimum atomic E-state index is -0.282. The summed E-state index contributed by atoms with van der Waals surface area (Å²) in [5.41, 5.74) is 1.73. The fraction of sp³-hybridized carbons (Fsp3) is 0.0769. The minimum Gasteiger partial charge on any atom is -0.283 e. The SMILES string of the molecule is Cc1cccc(-n2cccc(C#N)c2=O)c1. The molecule has 0 amide bonds. The van der Waals surface area contributed by atoms with Gasteiger partial charge in [-0.1, -0.05) is 12.1 Å². The molecule has 2 rings (SSSR count). The normalized spacial score (nSPS) is 9.75. The third-order valence-electron chi connectivity index (χ3n) is 2.35. The van der Waals surface area contributed by atoms with Gasteiger partial charge in [-0.25, -0.2) is 0 Å². The third-order valence-corrected chi connectivity index (χ3v) is 2.35. The Morgan fingerprint density at radius 3 is 2.75 bits per heavy atom. The second kappa shape index (κ2) is 4.03. The van der Waals surface area contributed by atoms with E-state index in [4.69, 9.17) is 5.26 Å². The summed E-state index contributed by atoms with van der Waals surface area (Å²) in [4.78, 5) is 11.9. The van der Waals surface area contributed by atoms with Crippen molar-refractivity contribution in [1.29, 1.82) is 5.26 Å². The van der Waals surface area contributed by atoms with Gasteiger partial charge in [-0.2, -0.15) is 5.26 Å². The molecule has 2 aromatic rings. The number of hydrogen-bond donors (Lipinski definition) is 0. The molecular formula is C13H10N2O. The first-order chi connectivity index (χ1) is 7.72. The quantitative estimate of drug-likeness (QED) is 0.722. The maximum Gasteiger partial charge on any atom is 0.272 e. The van der Waals surface area contributed by atoms with E-state index in [1.54, 1.807) is 12.3 Å². The van der Waals surface area contributed by atoms with Gasteiger partial charge in [-0.3, -0.25) is 9.36 Å². The fourth-order valence-corrected chi connectivity index (χ4v) is 1.56. The summed E-state index contributed by atoms with van der Waals surface area (Å²) < 4.78 is 1.48. The summed E-state index contributed by atoms with van der Waals surface area (Å²) in [7, 11) is 0. The smallest absolute Gasteiger partial charge is 0.272 e. The Hall–Kier alpha value is -2.34. The minimum absolute atomic E-state index is 0.156. The van der Waals surface area contributed by atoms with Crippen LogP contribution in [0.5, 0.6) is 0 Å². The monoisotopic (exact) mass is 210 g/mol. The Balaban J connectivity index is 2.67. The molecule has 3 nitrogen and oxygen atoms in total. The third kappa shape index (κ3) is 1.73. The van der Waals surface area contributed by atoms with E-state index in [1.165, 1.54) is 10.6 Å². The van der Waals surface area contributed by atoms with Crippen LogP contribution in [0.25, 0.3) is 5.69 Å². The van der Waals surface area contributed by atoms with E-state index >= 15 is 0 Å². The molecule has 0 saturated carbocycles. The van der Waals surface area contributed by atoms with Crippen molar-refractivity contribution in [3.8, 4) is 11.8 Å². The highest BCUT2D eigenvalue weighted by atomic mass is 16.1. The topological polar surface area (TPSA) is 45.8 Å². The largest absolute Gasteiger partial charge is 0.283 e. The number of nitrogens with zero attached hydrogens (tertiary/aromatic N) is 2. The molecule has 1 heterocycles. The molecule has 0 unspecified atom stereocenters. The van der Waals surface area contributed by atoms with Gasteiger partial charge in [-0.15, -0.1) is 0 Å². The second-order valence-electron chi connectivity index (χ2n) is 3.55. The zero-order chi connectivity index (χ0) is 11.5. The summed E-state index contributed by atoms with van der Waals surface area (Å²) in [5.74, 6) is 0. The van der Waals surface area contributed by atoms with Crippen molar-refractivity contribution in [2.75, 3.05) is 0 Å². The van der Waals surface area contributed by atoms with E-state index in [2.05, 4.69) is 0 Å². The summed E-state index contributed by atoms with van der Waals surface area (Å²) in [6, 6.07) is 12.7. The number of rotatable bonds is 1. The molecule has 0 fully saturated rings. The van der Waals surface area contributed by atoms with Crippen molar-refractivity contribution in [2.24, 2.45) is 0 Å². The van der Waals surface area contributed by atoms with Gasteiger partial charge in [0, 0.05) is 11.9 Å². The highest BCUT2D eigenvalue weighted by Crippen LogP contribution is 2.07. The van der Waals surface area contributed by atoms with Crippen molar-refractivity contribution in [2.45, 2.75) is 6.92 Å². The lowest BCUT2D eigenvalue weighted by atomic mass is 10.2. The van der Waals surface area contributed by atoms with Crippen molar-refractivity contribution in [3.63, 3.8) is 0 Å². The summed E-state index contributed by atoms with van der Waals surface area (Å²) in [6.45, 7) is 1.96. The lowest BCUT2D eigenvalue weighted by Crippen LogP contribution is -2.19. The van der Waals surface area contributed by atoms with Crippen molar-refractivity contribution in [1.82, 2.24) is 4.57 Å². The molecular weight excluding hydrogens is 200 g/mol. The average molecular weight is 210 g/mol. The molecule has 0 N–H and O–H groups in total. The summed E-state index contributed by atoms with van der Waals surface area (Å²) >= 11 is 0. The lowest BCUT2D eigenvalue weighted by Gasteiger charge is -2.06.